The predicted molar refractivity (Wildman–Crippen MR) is 61.4 cm³/mol. The number of nitrogens with zero attached hydrogens (tertiary/aromatic N) is 1. The molecular weight excluding hydrogens is 221 g/mol. The van der Waals surface area contributed by atoms with E-state index in [0.29, 0.717) is 16.9 Å². The molecule has 1 N–H and O–H groups in total. The molecule has 1 aromatic carbocycles. The van der Waals surface area contributed by atoms with E-state index < -0.39 is 5.82 Å². The summed E-state index contributed by atoms with van der Waals surface area (Å²) < 4.78 is 19.2. The molecule has 0 saturated carbocycles. The highest BCUT2D eigenvalue weighted by atomic mass is 19.1. The number of ether oxygens (including phenoxy) is 1. The molecule has 1 aromatic heterocycles. The monoisotopic (exact) mass is 233 g/mol. The summed E-state index contributed by atoms with van der Waals surface area (Å²) in [5.74, 6) is 0.158. The highest BCUT2D eigenvalue weighted by Crippen LogP contribution is 2.28. The third kappa shape index (κ3) is 2.42. The average molecular weight is 233 g/mol. The minimum atomic E-state index is -0.395. The van der Waals surface area contributed by atoms with E-state index in [4.69, 9.17) is 9.84 Å². The van der Waals surface area contributed by atoms with Gasteiger partial charge in [0.05, 0.1) is 6.61 Å². The fourth-order valence-electron chi connectivity index (χ4n) is 1.45. The maximum atomic E-state index is 13.7. The van der Waals surface area contributed by atoms with Gasteiger partial charge in [-0.15, -0.1) is 0 Å². The summed E-state index contributed by atoms with van der Waals surface area (Å²) in [4.78, 5) is 3.86. The van der Waals surface area contributed by atoms with Crippen LogP contribution in [0.15, 0.2) is 36.7 Å². The molecule has 0 fully saturated rings. The lowest BCUT2D eigenvalue weighted by Crippen LogP contribution is -1.95. The van der Waals surface area contributed by atoms with Crippen molar-refractivity contribution in [3.8, 4) is 11.5 Å². The second-order valence-electron chi connectivity index (χ2n) is 3.63. The second-order valence-corrected chi connectivity index (χ2v) is 3.63. The smallest absolute Gasteiger partial charge is 0.168 e. The van der Waals surface area contributed by atoms with Gasteiger partial charge in [-0.1, -0.05) is 12.1 Å². The minimum absolute atomic E-state index is 0.144. The molecule has 3 nitrogen and oxygen atoms in total. The summed E-state index contributed by atoms with van der Waals surface area (Å²) in [7, 11) is 0. The number of hydrogen-bond acceptors (Lipinski definition) is 3. The van der Waals surface area contributed by atoms with Gasteiger partial charge >= 0.3 is 0 Å². The van der Waals surface area contributed by atoms with Crippen molar-refractivity contribution < 1.29 is 14.2 Å². The van der Waals surface area contributed by atoms with Crippen molar-refractivity contribution in [1.29, 1.82) is 0 Å². The van der Waals surface area contributed by atoms with Crippen molar-refractivity contribution in [3.63, 3.8) is 0 Å². The van der Waals surface area contributed by atoms with Crippen molar-refractivity contribution in [2.24, 2.45) is 0 Å². The molecule has 0 spiro atoms. The molecule has 88 valence electrons. The lowest BCUT2D eigenvalue weighted by Gasteiger charge is -2.10. The Bertz CT molecular complexity index is 529. The van der Waals surface area contributed by atoms with Crippen LogP contribution in [0.4, 0.5) is 4.39 Å². The number of hydrogen-bond donors (Lipinski definition) is 1. The SMILES string of the molecule is Cc1cccc(Oc2ccncc2CO)c1F. The van der Waals surface area contributed by atoms with Crippen LogP contribution in [0.3, 0.4) is 0 Å². The second kappa shape index (κ2) is 4.93. The van der Waals surface area contributed by atoms with E-state index in [2.05, 4.69) is 4.98 Å². The molecule has 4 heteroatoms. The molecule has 17 heavy (non-hydrogen) atoms. The third-order valence-electron chi connectivity index (χ3n) is 2.41. The Hall–Kier alpha value is -1.94. The van der Waals surface area contributed by atoms with Gasteiger partial charge in [-0.05, 0) is 24.6 Å². The zero-order chi connectivity index (χ0) is 12.3. The predicted octanol–water partition coefficient (Wildman–Crippen LogP) is 2.81. The summed E-state index contributed by atoms with van der Waals surface area (Å²) in [5.41, 5.74) is 1.04. The first kappa shape index (κ1) is 11.5. The molecule has 0 amide bonds. The normalized spacial score (nSPS) is 10.3. The Balaban J connectivity index is 2.35. The van der Waals surface area contributed by atoms with Crippen LogP contribution in [0.5, 0.6) is 11.5 Å². The maximum Gasteiger partial charge on any atom is 0.168 e. The van der Waals surface area contributed by atoms with Crippen molar-refractivity contribution in [2.75, 3.05) is 0 Å². The number of benzene rings is 1. The van der Waals surface area contributed by atoms with E-state index in [1.807, 2.05) is 0 Å². The van der Waals surface area contributed by atoms with Gasteiger partial charge in [0.2, 0.25) is 0 Å². The molecule has 1 heterocycles. The topological polar surface area (TPSA) is 42.4 Å². The molecule has 0 radical (unpaired) electrons. The van der Waals surface area contributed by atoms with Crippen LogP contribution in [0.2, 0.25) is 0 Å². The number of aliphatic hydroxyl groups excluding tert-OH is 1. The number of aryl methyl sites for hydroxylation is 1. The first-order valence-corrected chi connectivity index (χ1v) is 5.19. The van der Waals surface area contributed by atoms with Crippen molar-refractivity contribution in [3.05, 3.63) is 53.6 Å². The Morgan fingerprint density at radius 3 is 2.88 bits per heavy atom. The largest absolute Gasteiger partial charge is 0.454 e. The number of aliphatic hydroxyl groups is 1. The van der Waals surface area contributed by atoms with E-state index in [0.717, 1.165) is 0 Å². The van der Waals surface area contributed by atoms with Crippen molar-refractivity contribution >= 4 is 0 Å². The van der Waals surface area contributed by atoms with E-state index in [9.17, 15) is 4.39 Å². The first-order chi connectivity index (χ1) is 8.22. The Morgan fingerprint density at radius 1 is 1.29 bits per heavy atom. The van der Waals surface area contributed by atoms with Crippen LogP contribution < -0.4 is 4.74 Å². The molecule has 0 aliphatic heterocycles. The van der Waals surface area contributed by atoms with Crippen LogP contribution in [0, 0.1) is 12.7 Å². The van der Waals surface area contributed by atoms with Gasteiger partial charge in [0.15, 0.2) is 11.6 Å². The van der Waals surface area contributed by atoms with E-state index >= 15 is 0 Å². The van der Waals surface area contributed by atoms with Gasteiger partial charge in [-0.3, -0.25) is 4.98 Å². The van der Waals surface area contributed by atoms with Crippen molar-refractivity contribution in [2.45, 2.75) is 13.5 Å². The number of pyridine rings is 1. The van der Waals surface area contributed by atoms with Gasteiger partial charge in [0, 0.05) is 18.0 Å². The molecule has 0 unspecified atom stereocenters. The molecule has 0 aliphatic rings. The number of aromatic nitrogens is 1. The molecule has 0 aliphatic carbocycles. The summed E-state index contributed by atoms with van der Waals surface area (Å²) >= 11 is 0. The summed E-state index contributed by atoms with van der Waals surface area (Å²) in [5, 5.41) is 9.11. The van der Waals surface area contributed by atoms with Crippen LogP contribution in [0.1, 0.15) is 11.1 Å². The number of halogens is 1. The first-order valence-electron chi connectivity index (χ1n) is 5.19. The minimum Gasteiger partial charge on any atom is -0.454 e. The Kier molecular flexibility index (Phi) is 3.35. The summed E-state index contributed by atoms with van der Waals surface area (Å²) in [6.45, 7) is 1.47. The van der Waals surface area contributed by atoms with Crippen LogP contribution in [-0.4, -0.2) is 10.1 Å². The molecule has 2 rings (SSSR count). The molecule has 2 aromatic rings. The fourth-order valence-corrected chi connectivity index (χ4v) is 1.45. The highest BCUT2D eigenvalue weighted by Gasteiger charge is 2.09. The van der Waals surface area contributed by atoms with Crippen LogP contribution in [0.25, 0.3) is 0 Å². The Labute approximate surface area is 98.5 Å². The van der Waals surface area contributed by atoms with Crippen LogP contribution in [-0.2, 0) is 6.61 Å². The van der Waals surface area contributed by atoms with Gasteiger partial charge in [0.25, 0.3) is 0 Å². The van der Waals surface area contributed by atoms with E-state index in [1.54, 1.807) is 31.2 Å². The maximum absolute atomic E-state index is 13.7. The summed E-state index contributed by atoms with van der Waals surface area (Å²) in [6, 6.07) is 6.52. The zero-order valence-corrected chi connectivity index (χ0v) is 9.35. The van der Waals surface area contributed by atoms with Gasteiger partial charge in [-0.2, -0.15) is 0 Å². The highest BCUT2D eigenvalue weighted by molar-refractivity contribution is 5.37. The number of rotatable bonds is 3. The molecule has 0 saturated heterocycles. The van der Waals surface area contributed by atoms with Gasteiger partial charge < -0.3 is 9.84 Å². The third-order valence-corrected chi connectivity index (χ3v) is 2.41. The van der Waals surface area contributed by atoms with E-state index in [-0.39, 0.29) is 12.4 Å². The zero-order valence-electron chi connectivity index (χ0n) is 9.35. The fraction of sp³-hybridized carbons (Fsp3) is 0.154. The molecule has 0 atom stereocenters. The Morgan fingerprint density at radius 2 is 2.12 bits per heavy atom. The summed E-state index contributed by atoms with van der Waals surface area (Å²) in [6.07, 6.45) is 3.02. The van der Waals surface area contributed by atoms with E-state index in [1.165, 1.54) is 12.4 Å². The molecule has 0 bridgehead atoms. The average Bonchev–Trinajstić information content (AvgIpc) is 2.35. The standard InChI is InChI=1S/C13H12FNO2/c1-9-3-2-4-12(13(9)14)17-11-5-6-15-7-10(11)8-16/h2-7,16H,8H2,1H3. The lowest BCUT2D eigenvalue weighted by molar-refractivity contribution is 0.275. The van der Waals surface area contributed by atoms with Gasteiger partial charge in [0.1, 0.15) is 5.75 Å². The van der Waals surface area contributed by atoms with Crippen LogP contribution >= 0.6 is 0 Å². The molecular formula is C13H12FNO2. The van der Waals surface area contributed by atoms with Crippen molar-refractivity contribution in [1.82, 2.24) is 4.98 Å². The lowest BCUT2D eigenvalue weighted by atomic mass is 10.2. The van der Waals surface area contributed by atoms with Gasteiger partial charge in [-0.25, -0.2) is 4.39 Å². The quantitative estimate of drug-likeness (QED) is 0.886.